The first-order chi connectivity index (χ1) is 8.63. The summed E-state index contributed by atoms with van der Waals surface area (Å²) >= 11 is 0. The van der Waals surface area contributed by atoms with E-state index in [-0.39, 0.29) is 11.5 Å². The fourth-order valence-corrected chi connectivity index (χ4v) is 1.39. The first-order valence-electron chi connectivity index (χ1n) is 5.97. The quantitative estimate of drug-likeness (QED) is 0.809. The smallest absolute Gasteiger partial charge is 0.162 e. The zero-order valence-electron chi connectivity index (χ0n) is 10.8. The number of rotatable bonds is 2. The molecule has 2 nitrogen and oxygen atoms in total. The summed E-state index contributed by atoms with van der Waals surface area (Å²) in [5.41, 5.74) is 1.98. The van der Waals surface area contributed by atoms with Crippen LogP contribution in [0.3, 0.4) is 0 Å². The highest BCUT2D eigenvalue weighted by Gasteiger charge is 2.00. The van der Waals surface area contributed by atoms with Crippen LogP contribution in [-0.2, 0) is 0 Å². The molecule has 0 amide bonds. The van der Waals surface area contributed by atoms with E-state index < -0.39 is 0 Å². The van der Waals surface area contributed by atoms with Gasteiger partial charge in [-0.3, -0.25) is 4.79 Å². The van der Waals surface area contributed by atoms with Gasteiger partial charge in [0, 0.05) is 12.0 Å². The SMILES string of the molecule is CCC(=O)c1ccc(O)cc1.Cc1ccccc1. The number of phenols is 1. The molecule has 0 spiro atoms. The van der Waals surface area contributed by atoms with Crippen molar-refractivity contribution >= 4 is 5.78 Å². The Morgan fingerprint density at radius 2 is 1.56 bits per heavy atom. The summed E-state index contributed by atoms with van der Waals surface area (Å²) in [6, 6.07) is 16.5. The number of aryl methyl sites for hydroxylation is 1. The van der Waals surface area contributed by atoms with Gasteiger partial charge in [0.2, 0.25) is 0 Å². The molecule has 0 aromatic heterocycles. The third-order valence-corrected chi connectivity index (χ3v) is 2.45. The van der Waals surface area contributed by atoms with E-state index in [0.29, 0.717) is 12.0 Å². The lowest BCUT2D eigenvalue weighted by Crippen LogP contribution is -1.94. The summed E-state index contributed by atoms with van der Waals surface area (Å²) in [5, 5.41) is 8.90. The van der Waals surface area contributed by atoms with Crippen LogP contribution in [0.1, 0.15) is 29.3 Å². The zero-order chi connectivity index (χ0) is 13.4. The summed E-state index contributed by atoms with van der Waals surface area (Å²) in [5.74, 6) is 0.294. The lowest BCUT2D eigenvalue weighted by molar-refractivity contribution is 0.0988. The summed E-state index contributed by atoms with van der Waals surface area (Å²) < 4.78 is 0. The van der Waals surface area contributed by atoms with Crippen LogP contribution in [0.2, 0.25) is 0 Å². The maximum absolute atomic E-state index is 11.0. The maximum atomic E-state index is 11.0. The van der Waals surface area contributed by atoms with Crippen LogP contribution in [0, 0.1) is 6.92 Å². The van der Waals surface area contributed by atoms with Gasteiger partial charge in [-0.25, -0.2) is 0 Å². The number of ketones is 1. The van der Waals surface area contributed by atoms with E-state index in [2.05, 4.69) is 19.1 Å². The van der Waals surface area contributed by atoms with Crippen molar-refractivity contribution in [3.63, 3.8) is 0 Å². The van der Waals surface area contributed by atoms with Crippen LogP contribution in [0.25, 0.3) is 0 Å². The van der Waals surface area contributed by atoms with Crippen molar-refractivity contribution in [2.24, 2.45) is 0 Å². The molecule has 0 heterocycles. The van der Waals surface area contributed by atoms with Crippen LogP contribution in [0.4, 0.5) is 0 Å². The van der Waals surface area contributed by atoms with Crippen molar-refractivity contribution in [1.29, 1.82) is 0 Å². The van der Waals surface area contributed by atoms with Gasteiger partial charge in [0.05, 0.1) is 0 Å². The van der Waals surface area contributed by atoms with Crippen LogP contribution in [0.15, 0.2) is 54.6 Å². The molecular weight excluding hydrogens is 224 g/mol. The molecule has 0 aliphatic carbocycles. The topological polar surface area (TPSA) is 37.3 Å². The van der Waals surface area contributed by atoms with Gasteiger partial charge in [-0.1, -0.05) is 42.8 Å². The van der Waals surface area contributed by atoms with E-state index in [0.717, 1.165) is 0 Å². The molecule has 0 aliphatic rings. The van der Waals surface area contributed by atoms with E-state index in [1.165, 1.54) is 17.7 Å². The molecule has 94 valence electrons. The number of hydrogen-bond donors (Lipinski definition) is 1. The van der Waals surface area contributed by atoms with Gasteiger partial charge in [0.25, 0.3) is 0 Å². The number of hydrogen-bond acceptors (Lipinski definition) is 2. The predicted octanol–water partition coefficient (Wildman–Crippen LogP) is 3.98. The van der Waals surface area contributed by atoms with Crippen LogP contribution in [-0.4, -0.2) is 10.9 Å². The second kappa shape index (κ2) is 7.28. The highest BCUT2D eigenvalue weighted by Crippen LogP contribution is 2.10. The minimum Gasteiger partial charge on any atom is -0.508 e. The van der Waals surface area contributed by atoms with E-state index in [1.807, 2.05) is 25.1 Å². The van der Waals surface area contributed by atoms with Crippen molar-refractivity contribution in [2.75, 3.05) is 0 Å². The van der Waals surface area contributed by atoms with E-state index in [1.54, 1.807) is 12.1 Å². The van der Waals surface area contributed by atoms with E-state index in [4.69, 9.17) is 5.11 Å². The fourth-order valence-electron chi connectivity index (χ4n) is 1.39. The summed E-state index contributed by atoms with van der Waals surface area (Å²) in [4.78, 5) is 11.0. The molecule has 0 unspecified atom stereocenters. The fraction of sp³-hybridized carbons (Fsp3) is 0.188. The molecule has 0 fully saturated rings. The van der Waals surface area contributed by atoms with Gasteiger partial charge in [0.15, 0.2) is 5.78 Å². The zero-order valence-corrected chi connectivity index (χ0v) is 10.8. The van der Waals surface area contributed by atoms with Crippen LogP contribution in [0.5, 0.6) is 5.75 Å². The molecule has 2 heteroatoms. The molecule has 0 bridgehead atoms. The van der Waals surface area contributed by atoms with E-state index >= 15 is 0 Å². The molecule has 18 heavy (non-hydrogen) atoms. The minimum absolute atomic E-state index is 0.102. The number of phenolic OH excluding ortho intramolecular Hbond substituents is 1. The maximum Gasteiger partial charge on any atom is 0.162 e. The molecule has 1 N–H and O–H groups in total. The Labute approximate surface area is 108 Å². The highest BCUT2D eigenvalue weighted by molar-refractivity contribution is 5.95. The first-order valence-corrected chi connectivity index (χ1v) is 5.97. The molecular formula is C16H18O2. The third-order valence-electron chi connectivity index (χ3n) is 2.45. The average molecular weight is 242 g/mol. The summed E-state index contributed by atoms with van der Waals surface area (Å²) in [6.07, 6.45) is 0.505. The Bertz CT molecular complexity index is 472. The Hall–Kier alpha value is -2.09. The van der Waals surface area contributed by atoms with Gasteiger partial charge in [-0.2, -0.15) is 0 Å². The molecule has 0 saturated carbocycles. The number of carbonyl (C=O) groups excluding carboxylic acids is 1. The van der Waals surface area contributed by atoms with Gasteiger partial charge >= 0.3 is 0 Å². The third kappa shape index (κ3) is 4.83. The van der Waals surface area contributed by atoms with Crippen molar-refractivity contribution in [3.8, 4) is 5.75 Å². The van der Waals surface area contributed by atoms with Crippen molar-refractivity contribution < 1.29 is 9.90 Å². The van der Waals surface area contributed by atoms with Crippen molar-refractivity contribution in [1.82, 2.24) is 0 Å². The number of aromatic hydroxyl groups is 1. The predicted molar refractivity (Wildman–Crippen MR) is 73.9 cm³/mol. The standard InChI is InChI=1S/C9H10O2.C7H8/c1-2-9(11)7-3-5-8(10)6-4-7;1-7-5-3-2-4-6-7/h3-6,10H,2H2,1H3;2-6H,1H3. The lowest BCUT2D eigenvalue weighted by Gasteiger charge is -1.96. The number of carbonyl (C=O) groups is 1. The number of Topliss-reactive ketones (excluding diaryl/α,β-unsaturated/α-hetero) is 1. The molecule has 0 atom stereocenters. The normalized spacial score (nSPS) is 9.22. The summed E-state index contributed by atoms with van der Waals surface area (Å²) in [7, 11) is 0. The van der Waals surface area contributed by atoms with Gasteiger partial charge < -0.3 is 5.11 Å². The monoisotopic (exact) mass is 242 g/mol. The molecule has 0 aliphatic heterocycles. The minimum atomic E-state index is 0.102. The van der Waals surface area contributed by atoms with Gasteiger partial charge in [0.1, 0.15) is 5.75 Å². The molecule has 2 aromatic rings. The highest BCUT2D eigenvalue weighted by atomic mass is 16.3. The molecule has 0 saturated heterocycles. The van der Waals surface area contributed by atoms with Gasteiger partial charge in [-0.05, 0) is 31.2 Å². The average Bonchev–Trinajstić information content (AvgIpc) is 2.40. The molecule has 2 rings (SSSR count). The summed E-state index contributed by atoms with van der Waals surface area (Å²) in [6.45, 7) is 3.90. The van der Waals surface area contributed by atoms with Crippen molar-refractivity contribution in [3.05, 3.63) is 65.7 Å². The largest absolute Gasteiger partial charge is 0.508 e. The Balaban J connectivity index is 0.000000199. The van der Waals surface area contributed by atoms with Crippen LogP contribution >= 0.6 is 0 Å². The van der Waals surface area contributed by atoms with Crippen LogP contribution < -0.4 is 0 Å². The second-order valence-corrected chi connectivity index (χ2v) is 3.98. The van der Waals surface area contributed by atoms with Gasteiger partial charge in [-0.15, -0.1) is 0 Å². The first kappa shape index (κ1) is 14.0. The molecule has 2 aromatic carbocycles. The Morgan fingerprint density at radius 3 is 1.94 bits per heavy atom. The Kier molecular flexibility index (Phi) is 5.65. The molecule has 0 radical (unpaired) electrons. The number of benzene rings is 2. The van der Waals surface area contributed by atoms with Crippen molar-refractivity contribution in [2.45, 2.75) is 20.3 Å². The van der Waals surface area contributed by atoms with E-state index in [9.17, 15) is 4.79 Å². The second-order valence-electron chi connectivity index (χ2n) is 3.98. The lowest BCUT2D eigenvalue weighted by atomic mass is 10.1. The Morgan fingerprint density at radius 1 is 1.00 bits per heavy atom.